The molecule has 0 aliphatic carbocycles. The van der Waals surface area contributed by atoms with Crippen LogP contribution in [-0.2, 0) is 0 Å². The van der Waals surface area contributed by atoms with Gasteiger partial charge in [-0.1, -0.05) is 23.2 Å². The molecule has 3 rings (SSSR count). The molecule has 2 heterocycles. The van der Waals surface area contributed by atoms with E-state index in [0.717, 1.165) is 12.8 Å². The number of halogens is 2. The average molecular weight is 394 g/mol. The second kappa shape index (κ2) is 8.25. The fraction of sp³-hybridized carbons (Fsp3) is 0.368. The Morgan fingerprint density at radius 1 is 1.38 bits per heavy atom. The van der Waals surface area contributed by atoms with Gasteiger partial charge in [0.2, 0.25) is 5.88 Å². The van der Waals surface area contributed by atoms with Crippen LogP contribution in [0.15, 0.2) is 36.5 Å². The van der Waals surface area contributed by atoms with Gasteiger partial charge in [-0.3, -0.25) is 4.79 Å². The number of carbonyl (C=O) groups is 1. The number of rotatable bonds is 4. The highest BCUT2D eigenvalue weighted by molar-refractivity contribution is 6.35. The zero-order valence-corrected chi connectivity index (χ0v) is 16.0. The molecule has 26 heavy (non-hydrogen) atoms. The Bertz CT molecular complexity index is 798. The first-order valence-corrected chi connectivity index (χ1v) is 9.34. The number of hydrogen-bond acceptors (Lipinski definition) is 4. The van der Waals surface area contributed by atoms with Crippen LogP contribution in [0.25, 0.3) is 0 Å². The minimum absolute atomic E-state index is 0.0584. The fourth-order valence-electron chi connectivity index (χ4n) is 3.09. The van der Waals surface area contributed by atoms with Crippen LogP contribution in [0.3, 0.4) is 0 Å². The third-order valence-corrected chi connectivity index (χ3v) is 5.12. The summed E-state index contributed by atoms with van der Waals surface area (Å²) in [5, 5.41) is 0.867. The van der Waals surface area contributed by atoms with Gasteiger partial charge in [-0.25, -0.2) is 4.98 Å². The van der Waals surface area contributed by atoms with Crippen LogP contribution >= 0.6 is 23.2 Å². The van der Waals surface area contributed by atoms with Crippen LogP contribution < -0.4 is 10.5 Å². The van der Waals surface area contributed by atoms with Crippen molar-refractivity contribution in [2.45, 2.75) is 25.8 Å². The van der Waals surface area contributed by atoms with Gasteiger partial charge < -0.3 is 15.4 Å². The molecule has 2 atom stereocenters. The third-order valence-electron chi connectivity index (χ3n) is 4.59. The molecule has 1 aromatic carbocycles. The molecule has 0 spiro atoms. The summed E-state index contributed by atoms with van der Waals surface area (Å²) in [4.78, 5) is 19.1. The second-order valence-corrected chi connectivity index (χ2v) is 7.39. The maximum Gasteiger partial charge on any atom is 0.259 e. The number of pyridine rings is 1. The van der Waals surface area contributed by atoms with Gasteiger partial charge in [-0.2, -0.15) is 0 Å². The highest BCUT2D eigenvalue weighted by Gasteiger charge is 2.28. The highest BCUT2D eigenvalue weighted by Crippen LogP contribution is 2.32. The Hall–Kier alpha value is -1.82. The van der Waals surface area contributed by atoms with Gasteiger partial charge in [0.15, 0.2) is 0 Å². The van der Waals surface area contributed by atoms with Crippen molar-refractivity contribution in [3.05, 3.63) is 52.1 Å². The van der Waals surface area contributed by atoms with Gasteiger partial charge in [-0.05, 0) is 56.0 Å². The molecule has 2 aromatic rings. The lowest BCUT2D eigenvalue weighted by Crippen LogP contribution is -2.45. The molecular weight excluding hydrogens is 373 g/mol. The number of ether oxygens (including phenoxy) is 1. The average Bonchev–Trinajstić information content (AvgIpc) is 2.64. The van der Waals surface area contributed by atoms with Crippen molar-refractivity contribution in [3.63, 3.8) is 0 Å². The highest BCUT2D eigenvalue weighted by atomic mass is 35.5. The first kappa shape index (κ1) is 19.0. The quantitative estimate of drug-likeness (QED) is 0.836. The lowest BCUT2D eigenvalue weighted by atomic mass is 9.92. The number of nitrogens with zero attached hydrogens (tertiary/aromatic N) is 2. The number of amides is 1. The van der Waals surface area contributed by atoms with E-state index in [2.05, 4.69) is 4.98 Å². The molecule has 2 N–H and O–H groups in total. The Balaban J connectivity index is 1.83. The zero-order chi connectivity index (χ0) is 18.7. The lowest BCUT2D eigenvalue weighted by molar-refractivity contribution is 0.0657. The number of carbonyl (C=O) groups excluding carboxylic acids is 1. The fourth-order valence-corrected chi connectivity index (χ4v) is 3.54. The molecule has 1 aliphatic rings. The third kappa shape index (κ3) is 4.29. The molecule has 2 unspecified atom stereocenters. The molecule has 1 aromatic heterocycles. The first-order chi connectivity index (χ1) is 12.5. The van der Waals surface area contributed by atoms with Gasteiger partial charge in [-0.15, -0.1) is 0 Å². The smallest absolute Gasteiger partial charge is 0.259 e. The van der Waals surface area contributed by atoms with Crippen molar-refractivity contribution >= 4 is 29.1 Å². The Morgan fingerprint density at radius 2 is 2.19 bits per heavy atom. The normalized spacial score (nSPS) is 18.5. The summed E-state index contributed by atoms with van der Waals surface area (Å²) in [5.41, 5.74) is 6.43. The number of benzene rings is 1. The van der Waals surface area contributed by atoms with Crippen LogP contribution in [-0.4, -0.2) is 34.9 Å². The number of likely N-dealkylation sites (tertiary alicyclic amines) is 1. The van der Waals surface area contributed by atoms with Gasteiger partial charge in [0.05, 0.1) is 5.02 Å². The number of hydrogen-bond donors (Lipinski definition) is 1. The van der Waals surface area contributed by atoms with Crippen molar-refractivity contribution in [3.8, 4) is 11.6 Å². The Kier molecular flexibility index (Phi) is 6.01. The maximum absolute atomic E-state index is 13.0. The molecule has 1 amide bonds. The van der Waals surface area contributed by atoms with Crippen molar-refractivity contribution < 1.29 is 9.53 Å². The lowest BCUT2D eigenvalue weighted by Gasteiger charge is -2.34. The molecule has 0 bridgehead atoms. The summed E-state index contributed by atoms with van der Waals surface area (Å²) in [6.45, 7) is 3.34. The number of aromatic nitrogens is 1. The van der Waals surface area contributed by atoms with E-state index in [1.165, 1.54) is 0 Å². The first-order valence-electron chi connectivity index (χ1n) is 8.58. The molecule has 1 saturated heterocycles. The van der Waals surface area contributed by atoms with E-state index in [-0.39, 0.29) is 17.8 Å². The summed E-state index contributed by atoms with van der Waals surface area (Å²) < 4.78 is 5.81. The van der Waals surface area contributed by atoms with E-state index in [4.69, 9.17) is 33.7 Å². The summed E-state index contributed by atoms with van der Waals surface area (Å²) in [5.74, 6) is 0.823. The van der Waals surface area contributed by atoms with Crippen molar-refractivity contribution in [2.75, 3.05) is 13.1 Å². The Labute approximate surface area is 163 Å². The zero-order valence-electron chi connectivity index (χ0n) is 14.5. The Morgan fingerprint density at radius 3 is 2.92 bits per heavy atom. The minimum atomic E-state index is -0.108. The van der Waals surface area contributed by atoms with E-state index < -0.39 is 0 Å². The topological polar surface area (TPSA) is 68.5 Å². The van der Waals surface area contributed by atoms with E-state index >= 15 is 0 Å². The van der Waals surface area contributed by atoms with Crippen LogP contribution in [0.4, 0.5) is 0 Å². The largest absolute Gasteiger partial charge is 0.437 e. The van der Waals surface area contributed by atoms with Crippen LogP contribution in [0.2, 0.25) is 10.0 Å². The van der Waals surface area contributed by atoms with Crippen molar-refractivity contribution in [1.82, 2.24) is 9.88 Å². The van der Waals surface area contributed by atoms with Crippen LogP contribution in [0, 0.1) is 5.92 Å². The van der Waals surface area contributed by atoms with Gasteiger partial charge in [0.1, 0.15) is 11.3 Å². The van der Waals surface area contributed by atoms with Gasteiger partial charge in [0, 0.05) is 30.4 Å². The molecule has 0 radical (unpaired) electrons. The molecule has 1 aliphatic heterocycles. The predicted octanol–water partition coefficient (Wildman–Crippen LogP) is 4.38. The van der Waals surface area contributed by atoms with Gasteiger partial charge in [0.25, 0.3) is 5.91 Å². The van der Waals surface area contributed by atoms with Crippen molar-refractivity contribution in [1.29, 1.82) is 0 Å². The van der Waals surface area contributed by atoms with E-state index in [1.807, 2.05) is 11.8 Å². The molecule has 0 saturated carbocycles. The molecule has 5 nitrogen and oxygen atoms in total. The summed E-state index contributed by atoms with van der Waals surface area (Å²) in [6.07, 6.45) is 3.56. The molecular formula is C19H21Cl2N3O2. The van der Waals surface area contributed by atoms with Gasteiger partial charge >= 0.3 is 0 Å². The molecule has 7 heteroatoms. The summed E-state index contributed by atoms with van der Waals surface area (Å²) in [7, 11) is 0. The SMILES string of the molecule is CC(N)C1CCCN(C(=O)c2cccnc2Oc2ccc(Cl)cc2Cl)C1. The monoisotopic (exact) mass is 393 g/mol. The predicted molar refractivity (Wildman–Crippen MR) is 103 cm³/mol. The maximum atomic E-state index is 13.0. The summed E-state index contributed by atoms with van der Waals surface area (Å²) in [6, 6.07) is 8.40. The standard InChI is InChI=1S/C19H21Cl2N3O2/c1-12(22)13-4-3-9-24(11-13)19(25)15-5-2-8-23-18(15)26-17-7-6-14(20)10-16(17)21/h2,5-8,10,12-13H,3-4,9,11,22H2,1H3. The molecule has 138 valence electrons. The van der Waals surface area contributed by atoms with E-state index in [0.29, 0.717) is 40.4 Å². The van der Waals surface area contributed by atoms with Crippen LogP contribution in [0.5, 0.6) is 11.6 Å². The second-order valence-electron chi connectivity index (χ2n) is 6.55. The van der Waals surface area contributed by atoms with E-state index in [9.17, 15) is 4.79 Å². The number of piperidine rings is 1. The van der Waals surface area contributed by atoms with Crippen molar-refractivity contribution in [2.24, 2.45) is 11.7 Å². The van der Waals surface area contributed by atoms with Crippen LogP contribution in [0.1, 0.15) is 30.1 Å². The summed E-state index contributed by atoms with van der Waals surface area (Å²) >= 11 is 12.1. The number of nitrogens with two attached hydrogens (primary N) is 1. The minimum Gasteiger partial charge on any atom is -0.437 e. The molecule has 1 fully saturated rings. The van der Waals surface area contributed by atoms with E-state index in [1.54, 1.807) is 36.5 Å².